The SMILES string of the molecule is O=C(C(CO)c1ccccc1)N1CC(=C2CN(S(=O)(=O)c3ccc(OC(F)(F)F)cc3)C2)C1. The molecule has 1 unspecified atom stereocenters. The first-order chi connectivity index (χ1) is 15.6. The molecule has 0 spiro atoms. The first kappa shape index (κ1) is 23.3. The lowest BCUT2D eigenvalue weighted by atomic mass is 9.92. The first-order valence-corrected chi connectivity index (χ1v) is 11.5. The van der Waals surface area contributed by atoms with E-state index in [1.165, 1.54) is 4.31 Å². The van der Waals surface area contributed by atoms with Gasteiger partial charge in [-0.2, -0.15) is 4.31 Å². The second-order valence-corrected chi connectivity index (χ2v) is 9.78. The molecule has 2 aromatic carbocycles. The van der Waals surface area contributed by atoms with Gasteiger partial charge in [0.25, 0.3) is 0 Å². The van der Waals surface area contributed by atoms with Gasteiger partial charge in [-0.3, -0.25) is 4.79 Å². The van der Waals surface area contributed by atoms with Crippen LogP contribution in [-0.4, -0.2) is 67.8 Å². The van der Waals surface area contributed by atoms with Crippen molar-refractivity contribution in [1.29, 1.82) is 0 Å². The second kappa shape index (κ2) is 8.81. The number of nitrogens with zero attached hydrogens (tertiary/aromatic N) is 2. The van der Waals surface area contributed by atoms with E-state index in [1.54, 1.807) is 29.2 Å². The van der Waals surface area contributed by atoms with Crippen LogP contribution in [0, 0.1) is 0 Å². The average molecular weight is 482 g/mol. The number of likely N-dealkylation sites (tertiary alicyclic amines) is 1. The first-order valence-electron chi connectivity index (χ1n) is 10.1. The number of aliphatic hydroxyl groups is 1. The largest absolute Gasteiger partial charge is 0.573 e. The summed E-state index contributed by atoms with van der Waals surface area (Å²) in [5.74, 6) is -1.32. The van der Waals surface area contributed by atoms with Gasteiger partial charge in [0, 0.05) is 26.2 Å². The maximum absolute atomic E-state index is 12.7. The van der Waals surface area contributed by atoms with Crippen LogP contribution in [0.1, 0.15) is 11.5 Å². The van der Waals surface area contributed by atoms with E-state index in [0.717, 1.165) is 41.0 Å². The predicted molar refractivity (Wildman–Crippen MR) is 112 cm³/mol. The van der Waals surface area contributed by atoms with Crippen molar-refractivity contribution in [2.75, 3.05) is 32.8 Å². The molecule has 2 aliphatic heterocycles. The molecule has 2 heterocycles. The van der Waals surface area contributed by atoms with Gasteiger partial charge in [-0.25, -0.2) is 8.42 Å². The minimum Gasteiger partial charge on any atom is -0.406 e. The summed E-state index contributed by atoms with van der Waals surface area (Å²) in [5.41, 5.74) is 2.63. The van der Waals surface area contributed by atoms with Gasteiger partial charge in [-0.15, -0.1) is 13.2 Å². The van der Waals surface area contributed by atoms with Gasteiger partial charge in [-0.1, -0.05) is 30.3 Å². The summed E-state index contributed by atoms with van der Waals surface area (Å²) in [4.78, 5) is 14.2. The molecule has 2 aromatic rings. The zero-order valence-corrected chi connectivity index (χ0v) is 18.1. The van der Waals surface area contributed by atoms with Gasteiger partial charge in [0.1, 0.15) is 5.75 Å². The third-order valence-electron chi connectivity index (χ3n) is 5.69. The van der Waals surface area contributed by atoms with E-state index in [9.17, 15) is 31.5 Å². The van der Waals surface area contributed by atoms with E-state index in [0.29, 0.717) is 13.1 Å². The van der Waals surface area contributed by atoms with Gasteiger partial charge in [0.2, 0.25) is 15.9 Å². The van der Waals surface area contributed by atoms with E-state index in [1.807, 2.05) is 6.07 Å². The highest BCUT2D eigenvalue weighted by Crippen LogP contribution is 2.32. The van der Waals surface area contributed by atoms with Gasteiger partial charge in [0.15, 0.2) is 0 Å². The van der Waals surface area contributed by atoms with Gasteiger partial charge in [0.05, 0.1) is 17.4 Å². The molecule has 7 nitrogen and oxygen atoms in total. The Balaban J connectivity index is 1.34. The molecule has 0 bridgehead atoms. The minimum absolute atomic E-state index is 0.125. The number of carbonyl (C=O) groups excluding carboxylic acids is 1. The van der Waals surface area contributed by atoms with Crippen molar-refractivity contribution < 1.29 is 36.2 Å². The molecule has 33 heavy (non-hydrogen) atoms. The number of amides is 1. The Labute approximate surface area is 188 Å². The zero-order valence-electron chi connectivity index (χ0n) is 17.3. The summed E-state index contributed by atoms with van der Waals surface area (Å²) >= 11 is 0. The van der Waals surface area contributed by atoms with Crippen LogP contribution in [0.25, 0.3) is 0 Å². The molecule has 1 amide bonds. The van der Waals surface area contributed by atoms with E-state index in [-0.39, 0.29) is 30.5 Å². The van der Waals surface area contributed by atoms with Crippen LogP contribution in [-0.2, 0) is 14.8 Å². The summed E-state index contributed by atoms with van der Waals surface area (Å²) in [6.45, 7) is 0.805. The number of ether oxygens (including phenoxy) is 1. The molecular formula is C22H21F3N2O5S. The fourth-order valence-electron chi connectivity index (χ4n) is 3.76. The highest BCUT2D eigenvalue weighted by atomic mass is 32.2. The lowest BCUT2D eigenvalue weighted by molar-refractivity contribution is -0.274. The number of carbonyl (C=O) groups is 1. The fraction of sp³-hybridized carbons (Fsp3) is 0.318. The number of hydrogen-bond acceptors (Lipinski definition) is 5. The van der Waals surface area contributed by atoms with E-state index in [2.05, 4.69) is 4.74 Å². The summed E-state index contributed by atoms with van der Waals surface area (Å²) in [7, 11) is -3.85. The molecule has 176 valence electrons. The smallest absolute Gasteiger partial charge is 0.406 e. The van der Waals surface area contributed by atoms with Gasteiger partial charge in [-0.05, 0) is 41.0 Å². The van der Waals surface area contributed by atoms with Crippen molar-refractivity contribution in [3.05, 3.63) is 71.3 Å². The molecule has 0 radical (unpaired) electrons. The summed E-state index contributed by atoms with van der Waals surface area (Å²) in [6.07, 6.45) is -4.85. The lowest BCUT2D eigenvalue weighted by Crippen LogP contribution is -2.52. The number of alkyl halides is 3. The summed E-state index contributed by atoms with van der Waals surface area (Å²) in [6, 6.07) is 13.1. The molecule has 1 N–H and O–H groups in total. The molecule has 2 fully saturated rings. The maximum Gasteiger partial charge on any atom is 0.573 e. The van der Waals surface area contributed by atoms with E-state index in [4.69, 9.17) is 0 Å². The number of sulfonamides is 1. The number of aliphatic hydroxyl groups excluding tert-OH is 1. The fourth-order valence-corrected chi connectivity index (χ4v) is 5.19. The van der Waals surface area contributed by atoms with Crippen molar-refractivity contribution in [2.24, 2.45) is 0 Å². The van der Waals surface area contributed by atoms with Crippen molar-refractivity contribution in [3.63, 3.8) is 0 Å². The normalized spacial score (nSPS) is 17.9. The Morgan fingerprint density at radius 2 is 1.55 bits per heavy atom. The highest BCUT2D eigenvalue weighted by molar-refractivity contribution is 7.89. The Bertz CT molecular complexity index is 1150. The number of hydrogen-bond donors (Lipinski definition) is 1. The number of halogens is 3. The van der Waals surface area contributed by atoms with Crippen LogP contribution in [0.4, 0.5) is 13.2 Å². The maximum atomic E-state index is 12.7. The van der Waals surface area contributed by atoms with Crippen LogP contribution in [0.3, 0.4) is 0 Å². The number of benzene rings is 2. The van der Waals surface area contributed by atoms with Crippen molar-refractivity contribution >= 4 is 15.9 Å². The molecule has 0 aliphatic carbocycles. The highest BCUT2D eigenvalue weighted by Gasteiger charge is 2.39. The van der Waals surface area contributed by atoms with Crippen LogP contribution >= 0.6 is 0 Å². The second-order valence-electron chi connectivity index (χ2n) is 7.84. The third-order valence-corrected chi connectivity index (χ3v) is 7.49. The summed E-state index contributed by atoms with van der Waals surface area (Å²) < 4.78 is 67.2. The van der Waals surface area contributed by atoms with E-state index >= 15 is 0 Å². The number of rotatable bonds is 6. The van der Waals surface area contributed by atoms with Gasteiger partial charge < -0.3 is 14.7 Å². The Morgan fingerprint density at radius 3 is 2.09 bits per heavy atom. The van der Waals surface area contributed by atoms with Crippen molar-refractivity contribution in [1.82, 2.24) is 9.21 Å². The average Bonchev–Trinajstić information content (AvgIpc) is 2.69. The molecular weight excluding hydrogens is 461 g/mol. The van der Waals surface area contributed by atoms with E-state index < -0.39 is 28.1 Å². The Morgan fingerprint density at radius 1 is 0.970 bits per heavy atom. The molecule has 4 rings (SSSR count). The molecule has 2 saturated heterocycles. The quantitative estimate of drug-likeness (QED) is 0.640. The minimum atomic E-state index is -4.85. The Kier molecular flexibility index (Phi) is 6.21. The van der Waals surface area contributed by atoms with Crippen LogP contribution < -0.4 is 4.74 Å². The predicted octanol–water partition coefficient (Wildman–Crippen LogP) is 2.50. The van der Waals surface area contributed by atoms with Crippen LogP contribution in [0.15, 0.2) is 70.6 Å². The molecule has 2 aliphatic rings. The van der Waals surface area contributed by atoms with Crippen LogP contribution in [0.2, 0.25) is 0 Å². The van der Waals surface area contributed by atoms with Crippen LogP contribution in [0.5, 0.6) is 5.75 Å². The molecule has 0 aromatic heterocycles. The van der Waals surface area contributed by atoms with Crippen molar-refractivity contribution in [3.8, 4) is 5.75 Å². The summed E-state index contributed by atoms with van der Waals surface area (Å²) in [5, 5.41) is 9.66. The zero-order chi connectivity index (χ0) is 23.8. The monoisotopic (exact) mass is 482 g/mol. The third kappa shape index (κ3) is 4.90. The molecule has 1 atom stereocenters. The molecule has 0 saturated carbocycles. The lowest BCUT2D eigenvalue weighted by Gasteiger charge is -2.42. The van der Waals surface area contributed by atoms with Crippen molar-refractivity contribution in [2.45, 2.75) is 17.2 Å². The topological polar surface area (TPSA) is 87.2 Å². The standard InChI is InChI=1S/C22H21F3N2O5S/c23-22(24,25)32-18-6-8-19(9-7-18)33(30,31)27-12-17(13-27)16-10-26(11-16)21(29)20(14-28)15-4-2-1-3-5-15/h1-9,20,28H,10-14H2. The Hall–Kier alpha value is -2.89. The van der Waals surface area contributed by atoms with Gasteiger partial charge >= 0.3 is 6.36 Å². The molecule has 11 heteroatoms.